The van der Waals surface area contributed by atoms with Crippen molar-refractivity contribution in [3.8, 4) is 67.8 Å². The standard InChI is InChI=1S/C28H26N8O2.C27H23FN8O2.C26H21FN8O.C25H19FN8O/c1-17-6-3-4-9-22(17)36-21(12-19-8-5-7-18(2)23(19)28(36)38)15-35-27-24(26(29)30-16-31-27)25(33-35)20-13-32-34(14-20)10-11-37;1-16-5-4-6-17-11-19(36(27(38)22(16)17)21-8-3-2-7-20(21)28)14-35-26-23(25(29)30-15-31-26)24(33-35)18-12-32-34(13-18)9-10-37;1-15-6-5-7-16-10-18(35(26(36)21(15)16)20-9-4-3-8-19(20)27)13-34-25-22(24(28)29-14-30-25)23(32-34)17-11-31-33(2)12-17;1-14-5-4-6-15-9-17(34(25(35)20(14)15)19-8-3-2-7-18(19)26)12-33-24-21(23(27)28-13-29-24)22(32-33)16-10-30-31-11-16/h3-9,12-14,16,37H,10-11,15H2,1-2H3,(H2,29,30,31);2-8,11-13,15,37H,9-10,14H2,1H3,(H2,29,30,31);3-12,14H,13H2,1-2H3,(H2,28,29,30);2-11,13H,12H2,1H3,(H,30,31)(H2,27,28,29). The van der Waals surface area contributed by atoms with Gasteiger partial charge in [0, 0.05) is 76.9 Å². The molecule has 11 N–H and O–H groups in total. The number of hydrogen-bond acceptors (Lipinski definition) is 26. The zero-order valence-corrected chi connectivity index (χ0v) is 79.6. The van der Waals surface area contributed by atoms with Crippen LogP contribution in [0.25, 0.3) is 155 Å². The molecule has 16 aromatic heterocycles. The Morgan fingerprint density at radius 2 is 0.605 bits per heavy atom. The van der Waals surface area contributed by atoms with E-state index in [2.05, 4.69) is 65.4 Å². The summed E-state index contributed by atoms with van der Waals surface area (Å²) in [6.07, 6.45) is 19.2. The molecule has 0 aliphatic rings. The average molecular weight is 1960 g/mol. The van der Waals surface area contributed by atoms with Crippen LogP contribution in [0.3, 0.4) is 0 Å². The molecule has 0 saturated heterocycles. The third kappa shape index (κ3) is 17.3. The first-order chi connectivity index (χ1) is 71.4. The molecule has 24 rings (SSSR count). The van der Waals surface area contributed by atoms with Crippen LogP contribution < -0.4 is 45.2 Å². The van der Waals surface area contributed by atoms with E-state index in [1.54, 1.807) is 135 Å². The Morgan fingerprint density at radius 1 is 0.320 bits per heavy atom. The molecule has 0 radical (unpaired) electrons. The van der Waals surface area contributed by atoms with E-state index in [9.17, 15) is 38.2 Å². The zero-order valence-electron chi connectivity index (χ0n) is 79.6. The summed E-state index contributed by atoms with van der Waals surface area (Å²) in [6, 6.07) is 56.9. The number of benzene rings is 8. The van der Waals surface area contributed by atoms with Crippen LogP contribution in [0.2, 0.25) is 0 Å². The van der Waals surface area contributed by atoms with Crippen molar-refractivity contribution in [3.05, 3.63) is 378 Å². The Balaban J connectivity index is 0.000000115. The number of nitrogens with two attached hydrogens (primary N) is 4. The number of para-hydroxylation sites is 4. The number of nitrogens with one attached hydrogen (secondary N) is 1. The van der Waals surface area contributed by atoms with Crippen LogP contribution in [0.15, 0.2) is 288 Å². The van der Waals surface area contributed by atoms with E-state index in [0.29, 0.717) is 130 Å². The van der Waals surface area contributed by atoms with Gasteiger partial charge in [0.25, 0.3) is 22.2 Å². The van der Waals surface area contributed by atoms with Gasteiger partial charge in [0.05, 0.1) is 143 Å². The number of aromatic nitrogens is 28. The SMILES string of the molecule is Cc1cccc2cc(Cn3nc(-c4cn[nH]c4)c4c(N)ncnc43)n(-c3ccccc3F)c(=O)c12.Cc1cccc2cc(Cn3nc(-c4cnn(C)c4)c4c(N)ncnc43)n(-c3ccccc3F)c(=O)c12.Cc1cccc2cc(Cn3nc(-c4cnn(CCO)c4)c4c(N)ncnc43)n(-c3ccccc3F)c(=O)c12.Cc1ccccc1-n1c(Cn2nc(-c3cnn(CCO)c3)c3c(N)ncnc32)cc2cccc(C)c2c1=O. The van der Waals surface area contributed by atoms with Gasteiger partial charge in [-0.3, -0.25) is 56.6 Å². The number of rotatable bonds is 20. The number of pyridine rings is 4. The molecule has 16 heterocycles. The van der Waals surface area contributed by atoms with Gasteiger partial charge in [0.2, 0.25) is 0 Å². The van der Waals surface area contributed by atoms with Crippen LogP contribution in [0.1, 0.15) is 50.6 Å². The second-order valence-corrected chi connectivity index (χ2v) is 35.1. The fourth-order valence-electron chi connectivity index (χ4n) is 18.9. The van der Waals surface area contributed by atoms with Crippen molar-refractivity contribution in [1.82, 2.24) is 137 Å². The van der Waals surface area contributed by atoms with Crippen molar-refractivity contribution in [2.24, 2.45) is 7.05 Å². The molecule has 38 nitrogen and oxygen atoms in total. The highest BCUT2D eigenvalue weighted by Gasteiger charge is 2.29. The topological polar surface area (TPSA) is 489 Å². The van der Waals surface area contributed by atoms with Crippen molar-refractivity contribution < 1.29 is 23.4 Å². The summed E-state index contributed by atoms with van der Waals surface area (Å²) in [5.41, 5.74) is 39.0. The molecule has 0 aliphatic carbocycles. The number of nitrogens with zero attached hydrogens (tertiary/aromatic N) is 27. The second kappa shape index (κ2) is 38.9. The molecule has 0 fully saturated rings. The maximum atomic E-state index is 15.0. The highest BCUT2D eigenvalue weighted by molar-refractivity contribution is 6.02. The van der Waals surface area contributed by atoms with Crippen molar-refractivity contribution in [2.45, 2.75) is 73.9 Å². The summed E-state index contributed by atoms with van der Waals surface area (Å²) in [4.78, 5) is 89.6. The molecule has 24 aromatic rings. The number of nitrogen functional groups attached to an aromatic ring is 4. The fourth-order valence-corrected chi connectivity index (χ4v) is 18.9. The van der Waals surface area contributed by atoms with Crippen molar-refractivity contribution >= 4 is 110 Å². The highest BCUT2D eigenvalue weighted by atomic mass is 19.1. The van der Waals surface area contributed by atoms with Gasteiger partial charge in [-0.1, -0.05) is 127 Å². The summed E-state index contributed by atoms with van der Waals surface area (Å²) in [5.74, 6) is -0.411. The Hall–Kier alpha value is -19.4. The molecule has 0 unspecified atom stereocenters. The first kappa shape index (κ1) is 93.8. The van der Waals surface area contributed by atoms with Gasteiger partial charge in [0.1, 0.15) is 88.8 Å². The first-order valence-corrected chi connectivity index (χ1v) is 46.4. The molecule has 41 heteroatoms. The van der Waals surface area contributed by atoms with Crippen LogP contribution in [-0.2, 0) is 46.3 Å². The number of aryl methyl sites for hydroxylation is 6. The van der Waals surface area contributed by atoms with Gasteiger partial charge < -0.3 is 33.1 Å². The Labute approximate surface area is 829 Å². The fraction of sp³-hybridized carbons (Fsp3) is 0.132. The Bertz CT molecular complexity index is 9300. The predicted octanol–water partition coefficient (Wildman–Crippen LogP) is 13.5. The van der Waals surface area contributed by atoms with E-state index in [1.165, 1.54) is 57.2 Å². The number of aromatic amines is 1. The van der Waals surface area contributed by atoms with Gasteiger partial charge in [0.15, 0.2) is 22.6 Å². The number of H-pyrrole nitrogens is 1. The lowest BCUT2D eigenvalue weighted by atomic mass is 10.1. The molecule has 0 atom stereocenters. The minimum Gasteiger partial charge on any atom is -0.394 e. The first-order valence-electron chi connectivity index (χ1n) is 46.4. The van der Waals surface area contributed by atoms with Crippen LogP contribution in [-0.4, -0.2) is 160 Å². The largest absolute Gasteiger partial charge is 0.394 e. The van der Waals surface area contributed by atoms with Crippen LogP contribution in [0, 0.1) is 52.1 Å². The van der Waals surface area contributed by atoms with E-state index < -0.39 is 17.5 Å². The van der Waals surface area contributed by atoms with Crippen molar-refractivity contribution in [1.29, 1.82) is 0 Å². The molecule has 0 bridgehead atoms. The number of fused-ring (bicyclic) bond motifs is 8. The van der Waals surface area contributed by atoms with Gasteiger partial charge in [-0.15, -0.1) is 0 Å². The Morgan fingerprint density at radius 3 is 0.898 bits per heavy atom. The average Bonchev–Trinajstić information content (AvgIpc) is 1.73. The number of anilines is 4. The minimum absolute atomic E-state index is 0.0283. The van der Waals surface area contributed by atoms with Crippen molar-refractivity contribution in [2.75, 3.05) is 36.1 Å². The summed E-state index contributed by atoms with van der Waals surface area (Å²) in [5, 5.41) is 65.1. The maximum Gasteiger partial charge on any atom is 0.263 e. The monoisotopic (exact) mass is 1960 g/mol. The van der Waals surface area contributed by atoms with Crippen LogP contribution >= 0.6 is 0 Å². The van der Waals surface area contributed by atoms with E-state index in [1.807, 2.05) is 169 Å². The quantitative estimate of drug-likeness (QED) is 0.0372. The minimum atomic E-state index is -0.516. The van der Waals surface area contributed by atoms with Gasteiger partial charge in [-0.05, 0) is 151 Å². The van der Waals surface area contributed by atoms with Crippen molar-refractivity contribution in [3.63, 3.8) is 0 Å². The molecule has 8 aromatic carbocycles. The number of aliphatic hydroxyl groups excluding tert-OH is 2. The van der Waals surface area contributed by atoms with E-state index in [4.69, 9.17) is 43.3 Å². The molecule has 0 aliphatic heterocycles. The van der Waals surface area contributed by atoms with Gasteiger partial charge in [-0.2, -0.15) is 40.8 Å². The summed E-state index contributed by atoms with van der Waals surface area (Å²) >= 11 is 0. The lowest BCUT2D eigenvalue weighted by Crippen LogP contribution is -2.25. The molecular weight excluding hydrogens is 1870 g/mol. The zero-order chi connectivity index (χ0) is 102. The predicted molar refractivity (Wildman–Crippen MR) is 553 cm³/mol. The molecular formula is C106H89F3N32O6. The number of hydrogen-bond donors (Lipinski definition) is 7. The third-order valence-corrected chi connectivity index (χ3v) is 25.7. The number of aliphatic hydroxyl groups is 2. The Kier molecular flexibility index (Phi) is 24.8. The summed E-state index contributed by atoms with van der Waals surface area (Å²) in [6.45, 7) is 10.8. The van der Waals surface area contributed by atoms with Gasteiger partial charge >= 0.3 is 0 Å². The summed E-state index contributed by atoms with van der Waals surface area (Å²) in [7, 11) is 1.81. The van der Waals surface area contributed by atoms with Gasteiger partial charge in [-0.25, -0.2) is 71.8 Å². The lowest BCUT2D eigenvalue weighted by Gasteiger charge is -2.17. The molecule has 0 amide bonds. The molecule has 730 valence electrons. The maximum absolute atomic E-state index is 15.0. The van der Waals surface area contributed by atoms with E-state index in [0.717, 1.165) is 77.4 Å². The normalized spacial score (nSPS) is 11.5. The van der Waals surface area contributed by atoms with E-state index >= 15 is 4.39 Å². The molecule has 147 heavy (non-hydrogen) atoms. The second-order valence-electron chi connectivity index (χ2n) is 35.1. The third-order valence-electron chi connectivity index (χ3n) is 25.7. The lowest BCUT2D eigenvalue weighted by molar-refractivity contribution is 0.269. The smallest absolute Gasteiger partial charge is 0.263 e. The number of halogens is 3. The highest BCUT2D eigenvalue weighted by Crippen LogP contribution is 2.38. The van der Waals surface area contributed by atoms with Crippen LogP contribution in [0.4, 0.5) is 36.4 Å². The molecule has 0 saturated carbocycles. The van der Waals surface area contributed by atoms with Crippen LogP contribution in [0.5, 0.6) is 0 Å². The van der Waals surface area contributed by atoms with E-state index in [-0.39, 0.29) is 96.1 Å². The molecule has 0 spiro atoms. The summed E-state index contributed by atoms with van der Waals surface area (Å²) < 4.78 is 62.5.